The average molecular weight is 211 g/mol. The molecule has 0 saturated heterocycles. The van der Waals surface area contributed by atoms with Crippen molar-refractivity contribution in [2.75, 3.05) is 0 Å². The predicted octanol–water partition coefficient (Wildman–Crippen LogP) is 4.46. The van der Waals surface area contributed by atoms with Crippen molar-refractivity contribution >= 4 is 21.0 Å². The molecule has 0 saturated carbocycles. The van der Waals surface area contributed by atoms with Crippen LogP contribution in [0.25, 0.3) is 0 Å². The number of hydrogen-bond acceptors (Lipinski definition) is 0. The van der Waals surface area contributed by atoms with Gasteiger partial charge in [0.05, 0.1) is 0 Å². The Hall–Kier alpha value is 0.720. The predicted molar refractivity (Wildman–Crippen MR) is 64.3 cm³/mol. The fraction of sp³-hybridized carbons (Fsp3) is 1.00. The monoisotopic (exact) mass is 210 g/mol. The third-order valence-electron chi connectivity index (χ3n) is 2.44. The van der Waals surface area contributed by atoms with E-state index in [1.807, 2.05) is 0 Å². The van der Waals surface area contributed by atoms with Crippen molar-refractivity contribution < 1.29 is 0 Å². The lowest BCUT2D eigenvalue weighted by molar-refractivity contribution is 0.618. The van der Waals surface area contributed by atoms with Gasteiger partial charge in [-0.15, -0.1) is 21.0 Å². The lowest BCUT2D eigenvalue weighted by Crippen LogP contribution is -2.22. The van der Waals surface area contributed by atoms with Gasteiger partial charge in [-0.2, -0.15) is 0 Å². The molecular weight excluding hydrogens is 187 g/mol. The Balaban J connectivity index is 0. The fourth-order valence-corrected chi connectivity index (χ4v) is 3.28. The highest BCUT2D eigenvalue weighted by atomic mass is 35.5. The average Bonchev–Trinajstić information content (AvgIpc) is 1.86. The minimum atomic E-state index is 0. The van der Waals surface area contributed by atoms with E-state index in [4.69, 9.17) is 0 Å². The third-order valence-corrected chi connectivity index (χ3v) is 4.51. The van der Waals surface area contributed by atoms with Crippen molar-refractivity contribution in [2.45, 2.75) is 64.7 Å². The highest BCUT2D eigenvalue weighted by Crippen LogP contribution is 2.46. The molecule has 2 heteroatoms. The van der Waals surface area contributed by atoms with E-state index in [1.165, 1.54) is 12.8 Å². The molecule has 0 aromatic heterocycles. The molecule has 0 amide bonds. The minimum absolute atomic E-state index is 0. The molecule has 0 atom stereocenters. The molecule has 12 heavy (non-hydrogen) atoms. The molecule has 0 aliphatic heterocycles. The largest absolute Gasteiger partial charge is 0.147 e. The van der Waals surface area contributed by atoms with Crippen LogP contribution < -0.4 is 0 Å². The van der Waals surface area contributed by atoms with Gasteiger partial charge in [0, 0.05) is 0 Å². The molecule has 0 rings (SSSR count). The molecule has 0 N–H and O–H groups in total. The van der Waals surface area contributed by atoms with Crippen LogP contribution in [-0.4, -0.2) is 10.3 Å². The van der Waals surface area contributed by atoms with Gasteiger partial charge in [-0.1, -0.05) is 41.5 Å². The maximum absolute atomic E-state index is 2.38. The molecular formula is C10H24ClP. The number of rotatable bonds is 4. The Morgan fingerprint density at radius 3 is 1.25 bits per heavy atom. The smallest absolute Gasteiger partial charge is 0.0176 e. The molecule has 0 bridgehead atoms. The summed E-state index contributed by atoms with van der Waals surface area (Å²) in [5, 5.41) is 1.11. The van der Waals surface area contributed by atoms with Gasteiger partial charge in [0.15, 0.2) is 0 Å². The van der Waals surface area contributed by atoms with Crippen molar-refractivity contribution in [3.8, 4) is 0 Å². The summed E-state index contributed by atoms with van der Waals surface area (Å²) in [7, 11) is 1.09. The van der Waals surface area contributed by atoms with Crippen molar-refractivity contribution in [3.05, 3.63) is 0 Å². The van der Waals surface area contributed by atoms with Crippen LogP contribution in [-0.2, 0) is 0 Å². The maximum atomic E-state index is 2.38. The first kappa shape index (κ1) is 15.2. The number of halogens is 1. The zero-order valence-corrected chi connectivity index (χ0v) is 11.1. The minimum Gasteiger partial charge on any atom is -0.147 e. The topological polar surface area (TPSA) is 0 Å². The van der Waals surface area contributed by atoms with Crippen LogP contribution in [0.2, 0.25) is 0 Å². The summed E-state index contributed by atoms with van der Waals surface area (Å²) in [5.74, 6) is 0. The van der Waals surface area contributed by atoms with Crippen molar-refractivity contribution in [1.29, 1.82) is 0 Å². The van der Waals surface area contributed by atoms with Gasteiger partial charge in [-0.05, 0) is 23.2 Å². The Kier molecular flexibility index (Phi) is 6.91. The Bertz CT molecular complexity index is 105. The summed E-state index contributed by atoms with van der Waals surface area (Å²) in [4.78, 5) is 0. The van der Waals surface area contributed by atoms with E-state index in [0.717, 1.165) is 8.58 Å². The van der Waals surface area contributed by atoms with Gasteiger partial charge >= 0.3 is 0 Å². The van der Waals surface area contributed by atoms with Gasteiger partial charge in [0.2, 0.25) is 0 Å². The van der Waals surface area contributed by atoms with Gasteiger partial charge in [0.25, 0.3) is 0 Å². The Labute approximate surface area is 86.1 Å². The van der Waals surface area contributed by atoms with Gasteiger partial charge < -0.3 is 0 Å². The second-order valence-electron chi connectivity index (χ2n) is 4.60. The molecule has 0 aromatic carbocycles. The van der Waals surface area contributed by atoms with E-state index in [9.17, 15) is 0 Å². The van der Waals surface area contributed by atoms with Gasteiger partial charge in [0.1, 0.15) is 0 Å². The van der Waals surface area contributed by atoms with E-state index < -0.39 is 0 Å². The summed E-state index contributed by atoms with van der Waals surface area (Å²) >= 11 is 0. The molecule has 0 spiro atoms. The Morgan fingerprint density at radius 1 is 0.833 bits per heavy atom. The first-order valence-electron chi connectivity index (χ1n) is 4.62. The van der Waals surface area contributed by atoms with Crippen LogP contribution >= 0.6 is 21.0 Å². The number of hydrogen-bond donors (Lipinski definition) is 0. The van der Waals surface area contributed by atoms with Gasteiger partial charge in [-0.25, -0.2) is 0 Å². The van der Waals surface area contributed by atoms with E-state index in [0.29, 0.717) is 10.3 Å². The molecule has 0 radical (unpaired) electrons. The lowest BCUT2D eigenvalue weighted by Gasteiger charge is -2.33. The van der Waals surface area contributed by atoms with Crippen LogP contribution in [0.3, 0.4) is 0 Å². The zero-order valence-electron chi connectivity index (χ0n) is 9.32. The molecule has 0 fully saturated rings. The summed E-state index contributed by atoms with van der Waals surface area (Å²) in [6, 6.07) is 0. The normalized spacial score (nSPS) is 12.5. The van der Waals surface area contributed by atoms with E-state index >= 15 is 0 Å². The maximum Gasteiger partial charge on any atom is -0.0176 e. The zero-order chi connectivity index (χ0) is 9.12. The fourth-order valence-electron chi connectivity index (χ4n) is 1.09. The Morgan fingerprint density at radius 2 is 1.08 bits per heavy atom. The molecule has 76 valence electrons. The standard InChI is InChI=1S/C10H23P.ClH/c1-7-9(3,4)11-10(5,6)8-2;/h11H,7-8H2,1-6H3;1H. The third kappa shape index (κ3) is 6.26. The first-order valence-corrected chi connectivity index (χ1v) is 5.62. The van der Waals surface area contributed by atoms with Crippen LogP contribution in [0.4, 0.5) is 0 Å². The lowest BCUT2D eigenvalue weighted by atomic mass is 10.1. The molecule has 0 unspecified atom stereocenters. The quantitative estimate of drug-likeness (QED) is 0.601. The summed E-state index contributed by atoms with van der Waals surface area (Å²) < 4.78 is 0. The highest BCUT2D eigenvalue weighted by Gasteiger charge is 2.25. The van der Waals surface area contributed by atoms with Gasteiger partial charge in [-0.3, -0.25) is 0 Å². The van der Waals surface area contributed by atoms with Crippen molar-refractivity contribution in [3.63, 3.8) is 0 Å². The van der Waals surface area contributed by atoms with Crippen molar-refractivity contribution in [1.82, 2.24) is 0 Å². The molecule has 0 nitrogen and oxygen atoms in total. The van der Waals surface area contributed by atoms with E-state index in [2.05, 4.69) is 41.5 Å². The van der Waals surface area contributed by atoms with Crippen LogP contribution in [0.5, 0.6) is 0 Å². The summed E-state index contributed by atoms with van der Waals surface area (Å²) in [5.41, 5.74) is 0. The molecule has 0 aliphatic carbocycles. The van der Waals surface area contributed by atoms with E-state index in [1.54, 1.807) is 0 Å². The molecule has 0 aliphatic rings. The second-order valence-corrected chi connectivity index (χ2v) is 7.56. The summed E-state index contributed by atoms with van der Waals surface area (Å²) in [6.45, 7) is 14.1. The van der Waals surface area contributed by atoms with Crippen LogP contribution in [0.1, 0.15) is 54.4 Å². The highest BCUT2D eigenvalue weighted by molar-refractivity contribution is 7.41. The van der Waals surface area contributed by atoms with Crippen LogP contribution in [0, 0.1) is 0 Å². The molecule has 0 heterocycles. The van der Waals surface area contributed by atoms with Crippen LogP contribution in [0.15, 0.2) is 0 Å². The molecule has 0 aromatic rings. The summed E-state index contributed by atoms with van der Waals surface area (Å²) in [6.07, 6.45) is 2.60. The van der Waals surface area contributed by atoms with E-state index in [-0.39, 0.29) is 12.4 Å². The SMILES string of the molecule is CCC(C)(C)PC(C)(C)CC.Cl. The first-order chi connectivity index (χ1) is 4.83. The van der Waals surface area contributed by atoms with Crippen molar-refractivity contribution in [2.24, 2.45) is 0 Å². The second kappa shape index (κ2) is 5.45.